The van der Waals surface area contributed by atoms with Gasteiger partial charge in [-0.15, -0.1) is 0 Å². The number of benzene rings is 2. The Balaban J connectivity index is 2.12. The van der Waals surface area contributed by atoms with Crippen LogP contribution >= 0.6 is 11.6 Å². The molecule has 2 rings (SSSR count). The molecular formula is C15H12ClNO4. The quantitative estimate of drug-likeness (QED) is 0.488. The number of carbonyl (C=O) groups is 1. The lowest BCUT2D eigenvalue weighted by atomic mass is 10.1. The molecule has 0 N–H and O–H groups in total. The lowest BCUT2D eigenvalue weighted by Crippen LogP contribution is -2.06. The highest BCUT2D eigenvalue weighted by Crippen LogP contribution is 2.21. The minimum absolute atomic E-state index is 0.0141. The Bertz CT molecular complexity index is 700. The third-order valence-corrected chi connectivity index (χ3v) is 3.33. The number of hydrogen-bond acceptors (Lipinski definition) is 4. The average molecular weight is 306 g/mol. The van der Waals surface area contributed by atoms with Crippen molar-refractivity contribution in [1.29, 1.82) is 0 Å². The molecule has 0 atom stereocenters. The number of nitro benzene ring substituents is 1. The van der Waals surface area contributed by atoms with Gasteiger partial charge in [-0.3, -0.25) is 10.1 Å². The minimum atomic E-state index is -0.627. The zero-order valence-electron chi connectivity index (χ0n) is 11.2. The molecule has 6 heteroatoms. The van der Waals surface area contributed by atoms with E-state index < -0.39 is 10.9 Å². The van der Waals surface area contributed by atoms with Crippen LogP contribution in [0.25, 0.3) is 0 Å². The van der Waals surface area contributed by atoms with E-state index in [9.17, 15) is 14.9 Å². The van der Waals surface area contributed by atoms with Gasteiger partial charge in [-0.05, 0) is 19.1 Å². The number of nitro groups is 1. The fraction of sp³-hybridized carbons (Fsp3) is 0.133. The molecular weight excluding hydrogens is 294 g/mol. The molecule has 0 aliphatic heterocycles. The molecule has 0 aliphatic rings. The second-order valence-corrected chi connectivity index (χ2v) is 4.83. The highest BCUT2D eigenvalue weighted by atomic mass is 35.5. The van der Waals surface area contributed by atoms with Crippen LogP contribution in [0.4, 0.5) is 5.69 Å². The molecule has 2 aromatic carbocycles. The maximum absolute atomic E-state index is 11.9. The van der Waals surface area contributed by atoms with Crippen LogP contribution in [0.1, 0.15) is 21.5 Å². The summed E-state index contributed by atoms with van der Waals surface area (Å²) in [4.78, 5) is 22.3. The summed E-state index contributed by atoms with van der Waals surface area (Å²) < 4.78 is 5.12. The molecule has 0 unspecified atom stereocenters. The number of nitrogens with zero attached hydrogens (tertiary/aromatic N) is 1. The van der Waals surface area contributed by atoms with Gasteiger partial charge in [0, 0.05) is 22.2 Å². The van der Waals surface area contributed by atoms with Crippen LogP contribution in [0.15, 0.2) is 42.5 Å². The smallest absolute Gasteiger partial charge is 0.338 e. The lowest BCUT2D eigenvalue weighted by molar-refractivity contribution is -0.385. The maximum atomic E-state index is 11.9. The normalized spacial score (nSPS) is 10.2. The predicted molar refractivity (Wildman–Crippen MR) is 78.4 cm³/mol. The van der Waals surface area contributed by atoms with Crippen LogP contribution in [-0.4, -0.2) is 10.9 Å². The molecule has 5 nitrogen and oxygen atoms in total. The van der Waals surface area contributed by atoms with Crippen molar-refractivity contribution in [3.05, 3.63) is 74.3 Å². The van der Waals surface area contributed by atoms with E-state index in [-0.39, 0.29) is 17.9 Å². The highest BCUT2D eigenvalue weighted by Gasteiger charge is 2.16. The van der Waals surface area contributed by atoms with Crippen LogP contribution in [0, 0.1) is 17.0 Å². The van der Waals surface area contributed by atoms with Crippen molar-refractivity contribution < 1.29 is 14.5 Å². The first-order valence-electron chi connectivity index (χ1n) is 6.14. The van der Waals surface area contributed by atoms with E-state index in [0.717, 1.165) is 0 Å². The Labute approximate surface area is 126 Å². The van der Waals surface area contributed by atoms with Crippen LogP contribution in [0.5, 0.6) is 0 Å². The van der Waals surface area contributed by atoms with E-state index in [1.807, 2.05) is 0 Å². The van der Waals surface area contributed by atoms with Gasteiger partial charge in [0.05, 0.1) is 10.5 Å². The Morgan fingerprint density at radius 3 is 2.67 bits per heavy atom. The predicted octanol–water partition coefficient (Wildman–Crippen LogP) is 3.91. The van der Waals surface area contributed by atoms with Gasteiger partial charge in [0.25, 0.3) is 5.69 Å². The average Bonchev–Trinajstić information content (AvgIpc) is 2.46. The minimum Gasteiger partial charge on any atom is -0.457 e. The first-order chi connectivity index (χ1) is 9.99. The Morgan fingerprint density at radius 1 is 1.29 bits per heavy atom. The molecule has 0 radical (unpaired) electrons. The van der Waals surface area contributed by atoms with Gasteiger partial charge in [0.2, 0.25) is 0 Å². The molecule has 108 valence electrons. The topological polar surface area (TPSA) is 69.4 Å². The standard InChI is InChI=1S/C15H12ClNO4/c1-10-6-7-11(8-14(10)17(19)20)15(18)21-9-12-4-2-3-5-13(12)16/h2-8H,9H2,1H3. The van der Waals surface area contributed by atoms with E-state index in [2.05, 4.69) is 0 Å². The number of halogens is 1. The highest BCUT2D eigenvalue weighted by molar-refractivity contribution is 6.31. The molecule has 2 aromatic rings. The Kier molecular flexibility index (Phi) is 4.55. The molecule has 0 saturated heterocycles. The van der Waals surface area contributed by atoms with Crippen molar-refractivity contribution in [3.8, 4) is 0 Å². The SMILES string of the molecule is Cc1ccc(C(=O)OCc2ccccc2Cl)cc1[N+](=O)[O-]. The van der Waals surface area contributed by atoms with Crippen LogP contribution < -0.4 is 0 Å². The van der Waals surface area contributed by atoms with Gasteiger partial charge >= 0.3 is 5.97 Å². The third-order valence-electron chi connectivity index (χ3n) is 2.96. The zero-order chi connectivity index (χ0) is 15.4. The molecule has 0 aliphatic carbocycles. The van der Waals surface area contributed by atoms with E-state index in [0.29, 0.717) is 16.1 Å². The second kappa shape index (κ2) is 6.37. The molecule has 21 heavy (non-hydrogen) atoms. The van der Waals surface area contributed by atoms with Crippen molar-refractivity contribution in [2.24, 2.45) is 0 Å². The van der Waals surface area contributed by atoms with Crippen LogP contribution in [0.2, 0.25) is 5.02 Å². The molecule has 0 heterocycles. The first-order valence-corrected chi connectivity index (χ1v) is 6.52. The zero-order valence-corrected chi connectivity index (χ0v) is 12.0. The Hall–Kier alpha value is -2.40. The fourth-order valence-corrected chi connectivity index (χ4v) is 1.97. The van der Waals surface area contributed by atoms with Crippen molar-refractivity contribution >= 4 is 23.3 Å². The maximum Gasteiger partial charge on any atom is 0.338 e. The molecule has 0 spiro atoms. The molecule has 0 fully saturated rings. The van der Waals surface area contributed by atoms with Gasteiger partial charge in [-0.1, -0.05) is 35.9 Å². The number of esters is 1. The summed E-state index contributed by atoms with van der Waals surface area (Å²) in [5.74, 6) is -0.627. The van der Waals surface area contributed by atoms with E-state index in [1.165, 1.54) is 18.2 Å². The lowest BCUT2D eigenvalue weighted by Gasteiger charge is -2.07. The van der Waals surface area contributed by atoms with E-state index in [4.69, 9.17) is 16.3 Å². The van der Waals surface area contributed by atoms with Gasteiger partial charge < -0.3 is 4.74 Å². The summed E-state index contributed by atoms with van der Waals surface area (Å²) in [5, 5.41) is 11.4. The Morgan fingerprint density at radius 2 is 2.00 bits per heavy atom. The molecule has 0 saturated carbocycles. The van der Waals surface area contributed by atoms with E-state index in [1.54, 1.807) is 31.2 Å². The monoisotopic (exact) mass is 305 g/mol. The summed E-state index contributed by atoms with van der Waals surface area (Å²) in [6.45, 7) is 1.62. The van der Waals surface area contributed by atoms with Crippen molar-refractivity contribution in [2.45, 2.75) is 13.5 Å². The summed E-state index contributed by atoms with van der Waals surface area (Å²) in [6, 6.07) is 11.2. The van der Waals surface area contributed by atoms with Gasteiger partial charge in [-0.25, -0.2) is 4.79 Å². The van der Waals surface area contributed by atoms with Crippen LogP contribution in [0.3, 0.4) is 0 Å². The van der Waals surface area contributed by atoms with Crippen molar-refractivity contribution in [3.63, 3.8) is 0 Å². The summed E-state index contributed by atoms with van der Waals surface area (Å²) >= 11 is 5.96. The first kappa shape index (κ1) is 15.0. The summed E-state index contributed by atoms with van der Waals surface area (Å²) in [7, 11) is 0. The third kappa shape index (κ3) is 3.58. The summed E-state index contributed by atoms with van der Waals surface area (Å²) in [6.07, 6.45) is 0. The molecule has 0 bridgehead atoms. The summed E-state index contributed by atoms with van der Waals surface area (Å²) in [5.41, 5.74) is 1.19. The number of carbonyl (C=O) groups excluding carboxylic acids is 1. The second-order valence-electron chi connectivity index (χ2n) is 4.43. The fourth-order valence-electron chi connectivity index (χ4n) is 1.78. The van der Waals surface area contributed by atoms with E-state index >= 15 is 0 Å². The number of rotatable bonds is 4. The molecule has 0 aromatic heterocycles. The van der Waals surface area contributed by atoms with Gasteiger partial charge in [0.15, 0.2) is 0 Å². The number of ether oxygens (including phenoxy) is 1. The van der Waals surface area contributed by atoms with Crippen LogP contribution in [-0.2, 0) is 11.3 Å². The van der Waals surface area contributed by atoms with Crippen molar-refractivity contribution in [1.82, 2.24) is 0 Å². The van der Waals surface area contributed by atoms with Crippen molar-refractivity contribution in [2.75, 3.05) is 0 Å². The van der Waals surface area contributed by atoms with Gasteiger partial charge in [0.1, 0.15) is 6.61 Å². The molecule has 0 amide bonds. The number of hydrogen-bond donors (Lipinski definition) is 0. The number of aryl methyl sites for hydroxylation is 1. The van der Waals surface area contributed by atoms with Gasteiger partial charge in [-0.2, -0.15) is 0 Å². The largest absolute Gasteiger partial charge is 0.457 e.